The normalized spacial score (nSPS) is 12.0. The van der Waals surface area contributed by atoms with Crippen molar-refractivity contribution in [1.82, 2.24) is 24.6 Å². The Bertz CT molecular complexity index is 1350. The number of halogens is 3. The van der Waals surface area contributed by atoms with Crippen molar-refractivity contribution >= 4 is 16.4 Å². The Morgan fingerprint density at radius 1 is 0.759 bits per heavy atom. The summed E-state index contributed by atoms with van der Waals surface area (Å²) in [5.74, 6) is 0. The van der Waals surface area contributed by atoms with Crippen LogP contribution in [-0.2, 0) is 6.18 Å². The number of benzene rings is 1. The molecule has 1 aromatic carbocycles. The van der Waals surface area contributed by atoms with Crippen LogP contribution in [0.5, 0.6) is 0 Å². The molecule has 4 heterocycles. The van der Waals surface area contributed by atoms with Gasteiger partial charge in [0.05, 0.1) is 11.9 Å². The number of nitrogens with zero attached hydrogens (tertiary/aromatic N) is 5. The topological polar surface area (TPSA) is 56.0 Å². The van der Waals surface area contributed by atoms with Gasteiger partial charge in [0, 0.05) is 46.9 Å². The van der Waals surface area contributed by atoms with Crippen molar-refractivity contribution in [3.05, 3.63) is 79.1 Å². The second kappa shape index (κ2) is 6.37. The van der Waals surface area contributed by atoms with Crippen LogP contribution in [0.1, 0.15) is 5.69 Å². The molecule has 5 rings (SSSR count). The molecule has 0 unspecified atom stereocenters. The predicted octanol–water partition coefficient (Wildman–Crippen LogP) is 5.03. The molecular weight excluding hydrogens is 379 g/mol. The number of fused-ring (bicyclic) bond motifs is 2. The van der Waals surface area contributed by atoms with Gasteiger partial charge in [-0.25, -0.2) is 9.50 Å². The van der Waals surface area contributed by atoms with E-state index in [2.05, 4.69) is 20.1 Å². The quantitative estimate of drug-likeness (QED) is 0.424. The highest BCUT2D eigenvalue weighted by Crippen LogP contribution is 2.36. The molecule has 5 nitrogen and oxygen atoms in total. The molecule has 0 spiro atoms. The largest absolute Gasteiger partial charge is 0.434 e. The van der Waals surface area contributed by atoms with E-state index in [-0.39, 0.29) is 11.3 Å². The number of alkyl halides is 3. The molecule has 0 saturated carbocycles. The number of aromatic nitrogens is 5. The summed E-state index contributed by atoms with van der Waals surface area (Å²) in [6, 6.07) is 12.4. The first-order valence-electron chi connectivity index (χ1n) is 8.72. The Balaban J connectivity index is 1.77. The van der Waals surface area contributed by atoms with Crippen LogP contribution in [0.4, 0.5) is 13.2 Å². The molecule has 0 aliphatic heterocycles. The minimum absolute atomic E-state index is 0.0757. The van der Waals surface area contributed by atoms with Crippen LogP contribution in [0, 0.1) is 0 Å². The molecule has 0 saturated heterocycles. The van der Waals surface area contributed by atoms with Gasteiger partial charge >= 0.3 is 6.18 Å². The Labute approximate surface area is 162 Å². The second-order valence-electron chi connectivity index (χ2n) is 6.43. The van der Waals surface area contributed by atoms with Gasteiger partial charge in [0.2, 0.25) is 0 Å². The van der Waals surface area contributed by atoms with Gasteiger partial charge in [-0.1, -0.05) is 24.3 Å². The first-order chi connectivity index (χ1) is 14.0. The van der Waals surface area contributed by atoms with Crippen LogP contribution in [0.2, 0.25) is 0 Å². The third-order valence-corrected chi connectivity index (χ3v) is 4.71. The van der Waals surface area contributed by atoms with Gasteiger partial charge in [-0.3, -0.25) is 9.97 Å². The van der Waals surface area contributed by atoms with Gasteiger partial charge < -0.3 is 0 Å². The van der Waals surface area contributed by atoms with E-state index in [0.29, 0.717) is 5.65 Å². The van der Waals surface area contributed by atoms with Gasteiger partial charge in [0.1, 0.15) is 0 Å². The lowest BCUT2D eigenvalue weighted by Gasteiger charge is -2.11. The average Bonchev–Trinajstić information content (AvgIpc) is 3.17. The van der Waals surface area contributed by atoms with E-state index in [9.17, 15) is 13.2 Å². The molecule has 0 N–H and O–H groups in total. The Hall–Kier alpha value is -3.81. The van der Waals surface area contributed by atoms with E-state index in [0.717, 1.165) is 28.1 Å². The number of pyridine rings is 2. The molecule has 0 fully saturated rings. The number of hydrogen-bond acceptors (Lipinski definition) is 4. The van der Waals surface area contributed by atoms with E-state index in [1.54, 1.807) is 24.7 Å². The lowest BCUT2D eigenvalue weighted by molar-refractivity contribution is -0.140. The van der Waals surface area contributed by atoms with Gasteiger partial charge in [0.25, 0.3) is 0 Å². The van der Waals surface area contributed by atoms with Crippen molar-refractivity contribution in [3.63, 3.8) is 0 Å². The fourth-order valence-corrected chi connectivity index (χ4v) is 3.46. The van der Waals surface area contributed by atoms with Gasteiger partial charge in [-0.05, 0) is 23.6 Å². The summed E-state index contributed by atoms with van der Waals surface area (Å²) >= 11 is 0. The highest BCUT2D eigenvalue weighted by atomic mass is 19.4. The first kappa shape index (κ1) is 17.3. The standard InChI is InChI=1S/C21H12F3N5/c22-21(23,24)19-16(6-3-8-26-19)18-12-27-20-15(7-9-28-29(18)20)17-11-25-10-13-4-1-2-5-14(13)17/h1-12H. The van der Waals surface area contributed by atoms with Crippen LogP contribution >= 0.6 is 0 Å². The van der Waals surface area contributed by atoms with Crippen LogP contribution in [-0.4, -0.2) is 24.6 Å². The minimum atomic E-state index is -4.59. The van der Waals surface area contributed by atoms with E-state index in [1.807, 2.05) is 24.3 Å². The molecule has 142 valence electrons. The highest BCUT2D eigenvalue weighted by molar-refractivity contribution is 5.98. The Kier molecular flexibility index (Phi) is 3.80. The molecule has 0 atom stereocenters. The lowest BCUT2D eigenvalue weighted by atomic mass is 10.0. The molecule has 0 aliphatic rings. The van der Waals surface area contributed by atoms with E-state index < -0.39 is 11.9 Å². The summed E-state index contributed by atoms with van der Waals surface area (Å²) in [5, 5.41) is 6.17. The fourth-order valence-electron chi connectivity index (χ4n) is 3.46. The Morgan fingerprint density at radius 3 is 2.48 bits per heavy atom. The maximum atomic E-state index is 13.4. The van der Waals surface area contributed by atoms with Crippen LogP contribution < -0.4 is 0 Å². The third kappa shape index (κ3) is 2.80. The van der Waals surface area contributed by atoms with Gasteiger partial charge in [-0.15, -0.1) is 0 Å². The monoisotopic (exact) mass is 391 g/mol. The number of rotatable bonds is 2. The SMILES string of the molecule is FC(F)(F)c1ncccc1-c1cnc2c(-c3cncc4ccccc34)ccnn12. The average molecular weight is 391 g/mol. The molecule has 29 heavy (non-hydrogen) atoms. The minimum Gasteiger partial charge on any atom is -0.263 e. The zero-order valence-electron chi connectivity index (χ0n) is 14.8. The van der Waals surface area contributed by atoms with Crippen LogP contribution in [0.3, 0.4) is 0 Å². The van der Waals surface area contributed by atoms with Gasteiger partial charge in [0.15, 0.2) is 11.3 Å². The zero-order valence-corrected chi connectivity index (χ0v) is 14.8. The molecular formula is C21H12F3N5. The molecule has 0 radical (unpaired) electrons. The predicted molar refractivity (Wildman–Crippen MR) is 102 cm³/mol. The van der Waals surface area contributed by atoms with Crippen LogP contribution in [0.15, 0.2) is 73.4 Å². The summed E-state index contributed by atoms with van der Waals surface area (Å²) in [5.41, 5.74) is 1.17. The fraction of sp³-hybridized carbons (Fsp3) is 0.0476. The molecule has 8 heteroatoms. The van der Waals surface area contributed by atoms with E-state index in [4.69, 9.17) is 0 Å². The van der Waals surface area contributed by atoms with E-state index >= 15 is 0 Å². The molecule has 0 aliphatic carbocycles. The van der Waals surface area contributed by atoms with Crippen LogP contribution in [0.25, 0.3) is 38.8 Å². The molecule has 0 amide bonds. The smallest absolute Gasteiger partial charge is 0.263 e. The van der Waals surface area contributed by atoms with Crippen molar-refractivity contribution in [1.29, 1.82) is 0 Å². The highest BCUT2D eigenvalue weighted by Gasteiger charge is 2.36. The number of imidazole rings is 1. The van der Waals surface area contributed by atoms with Crippen molar-refractivity contribution in [2.24, 2.45) is 0 Å². The summed E-state index contributed by atoms with van der Waals surface area (Å²) in [4.78, 5) is 12.2. The molecule has 5 aromatic rings. The second-order valence-corrected chi connectivity index (χ2v) is 6.43. The number of hydrogen-bond donors (Lipinski definition) is 0. The maximum Gasteiger partial charge on any atom is 0.434 e. The molecule has 4 aromatic heterocycles. The van der Waals surface area contributed by atoms with Crippen molar-refractivity contribution in [3.8, 4) is 22.4 Å². The Morgan fingerprint density at radius 2 is 1.62 bits per heavy atom. The first-order valence-corrected chi connectivity index (χ1v) is 8.72. The zero-order chi connectivity index (χ0) is 20.0. The molecule has 0 bridgehead atoms. The van der Waals surface area contributed by atoms with Crippen molar-refractivity contribution < 1.29 is 13.2 Å². The van der Waals surface area contributed by atoms with E-state index in [1.165, 1.54) is 22.8 Å². The summed E-state index contributed by atoms with van der Waals surface area (Å²) in [6.45, 7) is 0. The summed E-state index contributed by atoms with van der Waals surface area (Å²) in [7, 11) is 0. The van der Waals surface area contributed by atoms with Gasteiger partial charge in [-0.2, -0.15) is 18.3 Å². The lowest BCUT2D eigenvalue weighted by Crippen LogP contribution is -2.10. The van der Waals surface area contributed by atoms with Crippen molar-refractivity contribution in [2.75, 3.05) is 0 Å². The summed E-state index contributed by atoms with van der Waals surface area (Å²) < 4.78 is 41.7. The van der Waals surface area contributed by atoms with Crippen molar-refractivity contribution in [2.45, 2.75) is 6.18 Å². The maximum absolute atomic E-state index is 13.4. The summed E-state index contributed by atoms with van der Waals surface area (Å²) in [6.07, 6.45) is 2.94. The third-order valence-electron chi connectivity index (χ3n) is 4.71.